The van der Waals surface area contributed by atoms with Gasteiger partial charge in [0.05, 0.1) is 16.1 Å². The first-order valence-corrected chi connectivity index (χ1v) is 7.32. The summed E-state index contributed by atoms with van der Waals surface area (Å²) < 4.78 is 0. The summed E-state index contributed by atoms with van der Waals surface area (Å²) in [6.45, 7) is 2.61. The minimum Gasteiger partial charge on any atom is -0.352 e. The zero-order valence-electron chi connectivity index (χ0n) is 11.2. The summed E-state index contributed by atoms with van der Waals surface area (Å²) in [4.78, 5) is 24.7. The third-order valence-corrected chi connectivity index (χ3v) is 3.57. The van der Waals surface area contributed by atoms with Gasteiger partial charge in [-0.05, 0) is 30.0 Å². The molecule has 0 saturated heterocycles. The van der Waals surface area contributed by atoms with Gasteiger partial charge < -0.3 is 10.6 Å². The van der Waals surface area contributed by atoms with Crippen molar-refractivity contribution in [2.24, 2.45) is 0 Å². The molecular weight excluding hydrogens is 272 g/mol. The second-order valence-electron chi connectivity index (χ2n) is 4.23. The number of amides is 2. The largest absolute Gasteiger partial charge is 0.352 e. The summed E-state index contributed by atoms with van der Waals surface area (Å²) in [6.07, 6.45) is 0.870. The number of carbonyl (C=O) groups excluding carboxylic acids is 2. The van der Waals surface area contributed by atoms with Gasteiger partial charge >= 0.3 is 0 Å². The Balaban J connectivity index is 2.15. The summed E-state index contributed by atoms with van der Waals surface area (Å²) in [5, 5.41) is 7.43. The molecule has 4 nitrogen and oxygen atoms in total. The van der Waals surface area contributed by atoms with E-state index in [1.807, 2.05) is 18.4 Å². The molecule has 0 aliphatic heterocycles. The second kappa shape index (κ2) is 6.86. The van der Waals surface area contributed by atoms with E-state index in [-0.39, 0.29) is 11.8 Å². The van der Waals surface area contributed by atoms with Crippen LogP contribution in [-0.4, -0.2) is 18.4 Å². The van der Waals surface area contributed by atoms with Crippen LogP contribution in [0.3, 0.4) is 0 Å². The number of nitrogens with one attached hydrogen (secondary N) is 2. The number of hydrogen-bond acceptors (Lipinski definition) is 3. The minimum atomic E-state index is -0.198. The van der Waals surface area contributed by atoms with Crippen LogP contribution in [0.1, 0.15) is 33.4 Å². The Kier molecular flexibility index (Phi) is 4.90. The molecule has 0 aliphatic rings. The smallest absolute Gasteiger partial charge is 0.265 e. The van der Waals surface area contributed by atoms with E-state index < -0.39 is 0 Å². The molecule has 1 aromatic carbocycles. The number of thiophene rings is 1. The molecule has 0 saturated carbocycles. The molecule has 0 bridgehead atoms. The average Bonchev–Trinajstić information content (AvgIpc) is 2.99. The first kappa shape index (κ1) is 14.3. The van der Waals surface area contributed by atoms with Crippen molar-refractivity contribution in [3.63, 3.8) is 0 Å². The molecule has 104 valence electrons. The molecule has 0 radical (unpaired) electrons. The van der Waals surface area contributed by atoms with E-state index in [4.69, 9.17) is 0 Å². The molecule has 1 aromatic heterocycles. The number of rotatable bonds is 5. The molecule has 0 aliphatic carbocycles. The molecule has 20 heavy (non-hydrogen) atoms. The van der Waals surface area contributed by atoms with Crippen LogP contribution in [0.4, 0.5) is 5.69 Å². The second-order valence-corrected chi connectivity index (χ2v) is 5.18. The summed E-state index contributed by atoms with van der Waals surface area (Å²) in [6, 6.07) is 10.6. The van der Waals surface area contributed by atoms with E-state index in [0.29, 0.717) is 22.7 Å². The zero-order chi connectivity index (χ0) is 14.4. The van der Waals surface area contributed by atoms with Crippen LogP contribution in [0, 0.1) is 0 Å². The Morgan fingerprint density at radius 1 is 1.10 bits per heavy atom. The van der Waals surface area contributed by atoms with Gasteiger partial charge in [-0.2, -0.15) is 0 Å². The van der Waals surface area contributed by atoms with Gasteiger partial charge in [-0.15, -0.1) is 11.3 Å². The Hall–Kier alpha value is -2.14. The molecule has 2 amide bonds. The Labute approximate surface area is 121 Å². The summed E-state index contributed by atoms with van der Waals surface area (Å²) in [7, 11) is 0. The molecule has 0 atom stereocenters. The number of benzene rings is 1. The monoisotopic (exact) mass is 288 g/mol. The third-order valence-electron chi connectivity index (χ3n) is 2.70. The lowest BCUT2D eigenvalue weighted by atomic mass is 10.1. The van der Waals surface area contributed by atoms with E-state index in [0.717, 1.165) is 6.42 Å². The fourth-order valence-corrected chi connectivity index (χ4v) is 2.33. The van der Waals surface area contributed by atoms with E-state index in [1.54, 1.807) is 30.3 Å². The molecule has 2 aromatic rings. The van der Waals surface area contributed by atoms with E-state index in [1.165, 1.54) is 11.3 Å². The number of hydrogen-bond donors (Lipinski definition) is 2. The summed E-state index contributed by atoms with van der Waals surface area (Å²) >= 11 is 1.37. The number of anilines is 1. The van der Waals surface area contributed by atoms with Crippen molar-refractivity contribution in [2.45, 2.75) is 13.3 Å². The lowest BCUT2D eigenvalue weighted by molar-refractivity contribution is 0.0954. The van der Waals surface area contributed by atoms with Crippen LogP contribution in [-0.2, 0) is 0 Å². The lowest BCUT2D eigenvalue weighted by Crippen LogP contribution is -2.25. The van der Waals surface area contributed by atoms with Crippen molar-refractivity contribution in [1.82, 2.24) is 5.32 Å². The molecule has 2 rings (SSSR count). The van der Waals surface area contributed by atoms with Crippen LogP contribution in [0.5, 0.6) is 0 Å². The highest BCUT2D eigenvalue weighted by molar-refractivity contribution is 7.12. The van der Waals surface area contributed by atoms with Crippen molar-refractivity contribution in [1.29, 1.82) is 0 Å². The van der Waals surface area contributed by atoms with Crippen molar-refractivity contribution < 1.29 is 9.59 Å². The molecule has 2 N–H and O–H groups in total. The fourth-order valence-electron chi connectivity index (χ4n) is 1.72. The molecule has 0 fully saturated rings. The quantitative estimate of drug-likeness (QED) is 0.888. The first-order chi connectivity index (χ1) is 9.72. The summed E-state index contributed by atoms with van der Waals surface area (Å²) in [5.41, 5.74) is 1.00. The maximum absolute atomic E-state index is 12.0. The topological polar surface area (TPSA) is 58.2 Å². The maximum Gasteiger partial charge on any atom is 0.265 e. The van der Waals surface area contributed by atoms with E-state index in [9.17, 15) is 9.59 Å². The molecule has 1 heterocycles. The van der Waals surface area contributed by atoms with E-state index in [2.05, 4.69) is 10.6 Å². The Bertz CT molecular complexity index is 594. The normalized spacial score (nSPS) is 10.1. The van der Waals surface area contributed by atoms with Crippen LogP contribution in [0.25, 0.3) is 0 Å². The number of carbonyl (C=O) groups is 2. The highest BCUT2D eigenvalue weighted by Crippen LogP contribution is 2.17. The molecule has 0 spiro atoms. The van der Waals surface area contributed by atoms with Crippen molar-refractivity contribution in [3.8, 4) is 0 Å². The molecular formula is C15H16N2O2S. The SMILES string of the molecule is CCCNC(=O)c1ccccc1NC(=O)c1cccs1. The van der Waals surface area contributed by atoms with Gasteiger partial charge in [0.1, 0.15) is 0 Å². The van der Waals surface area contributed by atoms with Crippen molar-refractivity contribution >= 4 is 28.8 Å². The minimum absolute atomic E-state index is 0.172. The maximum atomic E-state index is 12.0. The van der Waals surface area contributed by atoms with Gasteiger partial charge in [0.2, 0.25) is 0 Å². The highest BCUT2D eigenvalue weighted by atomic mass is 32.1. The summed E-state index contributed by atoms with van der Waals surface area (Å²) in [5.74, 6) is -0.371. The van der Waals surface area contributed by atoms with E-state index >= 15 is 0 Å². The predicted molar refractivity (Wildman–Crippen MR) is 81.3 cm³/mol. The van der Waals surface area contributed by atoms with Gasteiger partial charge in [-0.1, -0.05) is 25.1 Å². The van der Waals surface area contributed by atoms with Gasteiger partial charge in [0.25, 0.3) is 11.8 Å². The van der Waals surface area contributed by atoms with Gasteiger partial charge in [0.15, 0.2) is 0 Å². The van der Waals surface area contributed by atoms with Crippen LogP contribution >= 0.6 is 11.3 Å². The van der Waals surface area contributed by atoms with Crippen LogP contribution in [0.2, 0.25) is 0 Å². The first-order valence-electron chi connectivity index (χ1n) is 6.44. The fraction of sp³-hybridized carbons (Fsp3) is 0.200. The standard InChI is InChI=1S/C15H16N2O2S/c1-2-9-16-14(18)11-6-3-4-7-12(11)17-15(19)13-8-5-10-20-13/h3-8,10H,2,9H2,1H3,(H,16,18)(H,17,19). The van der Waals surface area contributed by atoms with Crippen LogP contribution in [0.15, 0.2) is 41.8 Å². The third kappa shape index (κ3) is 3.45. The molecule has 5 heteroatoms. The van der Waals surface area contributed by atoms with Crippen molar-refractivity contribution in [2.75, 3.05) is 11.9 Å². The van der Waals surface area contributed by atoms with Crippen LogP contribution < -0.4 is 10.6 Å². The average molecular weight is 288 g/mol. The zero-order valence-corrected chi connectivity index (χ0v) is 12.0. The number of para-hydroxylation sites is 1. The predicted octanol–water partition coefficient (Wildman–Crippen LogP) is 3.14. The van der Waals surface area contributed by atoms with Gasteiger partial charge in [-0.25, -0.2) is 0 Å². The lowest BCUT2D eigenvalue weighted by Gasteiger charge is -2.10. The Morgan fingerprint density at radius 3 is 2.60 bits per heavy atom. The Morgan fingerprint density at radius 2 is 1.90 bits per heavy atom. The van der Waals surface area contributed by atoms with Gasteiger partial charge in [0, 0.05) is 6.54 Å². The molecule has 0 unspecified atom stereocenters. The highest BCUT2D eigenvalue weighted by Gasteiger charge is 2.13. The van der Waals surface area contributed by atoms with Gasteiger partial charge in [-0.3, -0.25) is 9.59 Å². The van der Waals surface area contributed by atoms with Crippen molar-refractivity contribution in [3.05, 3.63) is 52.2 Å².